The summed E-state index contributed by atoms with van der Waals surface area (Å²) in [4.78, 5) is 44.0. The molecule has 10 heteroatoms. The van der Waals surface area contributed by atoms with Gasteiger partial charge < -0.3 is 9.73 Å². The molecule has 2 aromatic carbocycles. The van der Waals surface area contributed by atoms with Gasteiger partial charge in [-0.3, -0.25) is 24.0 Å². The number of amides is 3. The topological polar surface area (TPSA) is 110 Å². The summed E-state index contributed by atoms with van der Waals surface area (Å²) in [5.74, 6) is -1.72. The van der Waals surface area contributed by atoms with Gasteiger partial charge in [-0.2, -0.15) is 5.10 Å². The van der Waals surface area contributed by atoms with Crippen LogP contribution in [0.3, 0.4) is 0 Å². The van der Waals surface area contributed by atoms with E-state index >= 15 is 0 Å². The Kier molecular flexibility index (Phi) is 5.69. The molecule has 0 spiro atoms. The number of imide groups is 1. The van der Waals surface area contributed by atoms with Crippen molar-refractivity contribution in [3.63, 3.8) is 0 Å². The summed E-state index contributed by atoms with van der Waals surface area (Å²) in [7, 11) is 1.72. The van der Waals surface area contributed by atoms with Gasteiger partial charge in [-0.15, -0.1) is 0 Å². The van der Waals surface area contributed by atoms with Crippen LogP contribution < -0.4 is 5.32 Å². The summed E-state index contributed by atoms with van der Waals surface area (Å²) >= 11 is 0. The van der Waals surface area contributed by atoms with Gasteiger partial charge in [0.2, 0.25) is 11.7 Å². The van der Waals surface area contributed by atoms with Crippen LogP contribution in [0.4, 0.5) is 4.39 Å². The molecule has 0 bridgehead atoms. The monoisotopic (exact) mass is 473 g/mol. The van der Waals surface area contributed by atoms with Crippen LogP contribution in [-0.4, -0.2) is 50.0 Å². The number of nitrogens with zero attached hydrogens (tertiary/aromatic N) is 4. The zero-order valence-corrected chi connectivity index (χ0v) is 18.6. The van der Waals surface area contributed by atoms with Crippen molar-refractivity contribution < 1.29 is 23.2 Å². The molecule has 176 valence electrons. The number of hydrogen-bond donors (Lipinski definition) is 1. The maximum absolute atomic E-state index is 13.8. The minimum atomic E-state index is -0.711. The van der Waals surface area contributed by atoms with Crippen molar-refractivity contribution in [1.29, 1.82) is 0 Å². The SMILES string of the molecule is Cn1nccc1-c1ncc(C(=O)N[C@@H](Cc2cccc(F)c2)CN2C(=O)c3ccccc3C2=O)o1. The summed E-state index contributed by atoms with van der Waals surface area (Å²) in [6, 6.07) is 13.5. The maximum Gasteiger partial charge on any atom is 0.289 e. The lowest BCUT2D eigenvalue weighted by atomic mass is 10.0. The normalized spacial score (nSPS) is 13.7. The molecule has 1 aliphatic heterocycles. The first kappa shape index (κ1) is 22.2. The summed E-state index contributed by atoms with van der Waals surface area (Å²) < 4.78 is 21.0. The number of rotatable bonds is 7. The fourth-order valence-corrected chi connectivity index (χ4v) is 4.07. The van der Waals surface area contributed by atoms with E-state index in [1.54, 1.807) is 60.4 Å². The molecule has 0 radical (unpaired) electrons. The van der Waals surface area contributed by atoms with Crippen LogP contribution in [0.1, 0.15) is 36.8 Å². The van der Waals surface area contributed by atoms with Gasteiger partial charge in [0.05, 0.1) is 23.4 Å². The smallest absolute Gasteiger partial charge is 0.289 e. The largest absolute Gasteiger partial charge is 0.429 e. The molecule has 5 rings (SSSR count). The molecule has 0 fully saturated rings. The van der Waals surface area contributed by atoms with Crippen molar-refractivity contribution in [1.82, 2.24) is 25.0 Å². The fraction of sp³-hybridized carbons (Fsp3) is 0.160. The van der Waals surface area contributed by atoms with Crippen LogP contribution in [0.2, 0.25) is 0 Å². The van der Waals surface area contributed by atoms with Crippen molar-refractivity contribution in [3.8, 4) is 11.6 Å². The Morgan fingerprint density at radius 2 is 1.83 bits per heavy atom. The van der Waals surface area contributed by atoms with Gasteiger partial charge in [-0.25, -0.2) is 9.37 Å². The highest BCUT2D eigenvalue weighted by molar-refractivity contribution is 6.21. The molecule has 0 saturated heterocycles. The van der Waals surface area contributed by atoms with Gasteiger partial charge in [-0.1, -0.05) is 24.3 Å². The lowest BCUT2D eigenvalue weighted by Gasteiger charge is -2.23. The predicted octanol–water partition coefficient (Wildman–Crippen LogP) is 2.85. The Morgan fingerprint density at radius 1 is 1.09 bits per heavy atom. The van der Waals surface area contributed by atoms with Crippen LogP contribution in [0.15, 0.2) is 71.4 Å². The third-order valence-corrected chi connectivity index (χ3v) is 5.76. The third-order valence-electron chi connectivity index (χ3n) is 5.76. The minimum Gasteiger partial charge on any atom is -0.429 e. The fourth-order valence-electron chi connectivity index (χ4n) is 4.07. The van der Waals surface area contributed by atoms with E-state index in [0.717, 1.165) is 4.90 Å². The van der Waals surface area contributed by atoms with Gasteiger partial charge in [0, 0.05) is 19.8 Å². The highest BCUT2D eigenvalue weighted by Gasteiger charge is 2.37. The molecule has 0 aliphatic carbocycles. The quantitative estimate of drug-likeness (QED) is 0.414. The Balaban J connectivity index is 1.38. The highest BCUT2D eigenvalue weighted by Crippen LogP contribution is 2.23. The van der Waals surface area contributed by atoms with Gasteiger partial charge in [-0.05, 0) is 42.3 Å². The van der Waals surface area contributed by atoms with E-state index in [9.17, 15) is 18.8 Å². The molecule has 0 saturated carbocycles. The van der Waals surface area contributed by atoms with Crippen LogP contribution >= 0.6 is 0 Å². The number of oxazole rings is 1. The average molecular weight is 473 g/mol. The number of aryl methyl sites for hydroxylation is 1. The number of hydrogen-bond acceptors (Lipinski definition) is 6. The van der Waals surface area contributed by atoms with E-state index < -0.39 is 29.6 Å². The molecule has 9 nitrogen and oxygen atoms in total. The highest BCUT2D eigenvalue weighted by atomic mass is 19.1. The van der Waals surface area contributed by atoms with Crippen LogP contribution in [0.25, 0.3) is 11.6 Å². The molecule has 4 aromatic rings. The first-order valence-electron chi connectivity index (χ1n) is 10.9. The third kappa shape index (κ3) is 4.33. The Morgan fingerprint density at radius 3 is 2.49 bits per heavy atom. The van der Waals surface area contributed by atoms with E-state index in [2.05, 4.69) is 15.4 Å². The number of benzene rings is 2. The summed E-state index contributed by atoms with van der Waals surface area (Å²) in [6.45, 7) is -0.0999. The molecule has 1 N–H and O–H groups in total. The summed E-state index contributed by atoms with van der Waals surface area (Å²) in [5, 5.41) is 6.86. The first-order valence-corrected chi connectivity index (χ1v) is 10.9. The second-order valence-corrected chi connectivity index (χ2v) is 8.14. The Labute approximate surface area is 199 Å². The van der Waals surface area contributed by atoms with Gasteiger partial charge in [0.25, 0.3) is 17.7 Å². The molecule has 3 amide bonds. The van der Waals surface area contributed by atoms with E-state index in [0.29, 0.717) is 22.4 Å². The lowest BCUT2D eigenvalue weighted by molar-refractivity contribution is 0.0627. The van der Waals surface area contributed by atoms with Crippen LogP contribution in [0.5, 0.6) is 0 Å². The van der Waals surface area contributed by atoms with Gasteiger partial charge >= 0.3 is 0 Å². The molecule has 35 heavy (non-hydrogen) atoms. The number of carbonyl (C=O) groups is 3. The van der Waals surface area contributed by atoms with Crippen LogP contribution in [-0.2, 0) is 13.5 Å². The standard InChI is InChI=1S/C25H20FN5O4/c1-30-20(9-10-28-30)23-27-13-21(35-23)22(32)29-17(12-15-5-4-6-16(26)11-15)14-31-24(33)18-7-2-3-8-19(18)25(31)34/h2-11,13,17H,12,14H2,1H3,(H,29,32)/t17-/m0/s1. The van der Waals surface area contributed by atoms with Crippen molar-refractivity contribution >= 4 is 17.7 Å². The number of halogens is 1. The molecule has 1 aliphatic rings. The minimum absolute atomic E-state index is 0.0483. The predicted molar refractivity (Wildman–Crippen MR) is 122 cm³/mol. The van der Waals surface area contributed by atoms with E-state index in [1.807, 2.05) is 0 Å². The van der Waals surface area contributed by atoms with Crippen molar-refractivity contribution in [2.45, 2.75) is 12.5 Å². The van der Waals surface area contributed by atoms with Crippen molar-refractivity contribution in [2.75, 3.05) is 6.54 Å². The molecular formula is C25H20FN5O4. The number of nitrogens with one attached hydrogen (secondary N) is 1. The number of fused-ring (bicyclic) bond motifs is 1. The number of carbonyl (C=O) groups excluding carboxylic acids is 3. The zero-order chi connectivity index (χ0) is 24.5. The molecule has 0 unspecified atom stereocenters. The lowest BCUT2D eigenvalue weighted by Crippen LogP contribution is -2.46. The second-order valence-electron chi connectivity index (χ2n) is 8.14. The number of aromatic nitrogens is 3. The van der Waals surface area contributed by atoms with Gasteiger partial charge in [0.15, 0.2) is 0 Å². The summed E-state index contributed by atoms with van der Waals surface area (Å²) in [6.07, 6.45) is 3.05. The van der Waals surface area contributed by atoms with E-state index in [-0.39, 0.29) is 24.6 Å². The zero-order valence-electron chi connectivity index (χ0n) is 18.6. The summed E-state index contributed by atoms with van der Waals surface area (Å²) in [5.41, 5.74) is 1.81. The second kappa shape index (κ2) is 8.98. The molecule has 1 atom stereocenters. The molecule has 2 aromatic heterocycles. The first-order chi connectivity index (χ1) is 16.9. The van der Waals surface area contributed by atoms with Crippen LogP contribution in [0, 0.1) is 5.82 Å². The molecular weight excluding hydrogens is 453 g/mol. The van der Waals surface area contributed by atoms with Crippen molar-refractivity contribution in [3.05, 3.63) is 95.3 Å². The van der Waals surface area contributed by atoms with E-state index in [1.165, 1.54) is 18.3 Å². The molecule has 3 heterocycles. The van der Waals surface area contributed by atoms with Gasteiger partial charge in [0.1, 0.15) is 11.5 Å². The Hall–Kier alpha value is -4.60. The Bertz CT molecular complexity index is 1410. The van der Waals surface area contributed by atoms with Crippen molar-refractivity contribution in [2.24, 2.45) is 7.05 Å². The maximum atomic E-state index is 13.8. The average Bonchev–Trinajstić information content (AvgIpc) is 3.55. The van der Waals surface area contributed by atoms with E-state index in [4.69, 9.17) is 4.42 Å².